The summed E-state index contributed by atoms with van der Waals surface area (Å²) in [6.45, 7) is 2.71. The van der Waals surface area contributed by atoms with E-state index in [1.807, 2.05) is 25.1 Å². The first-order valence-electron chi connectivity index (χ1n) is 8.07. The van der Waals surface area contributed by atoms with Crippen LogP contribution in [0.3, 0.4) is 0 Å². The molecule has 1 saturated heterocycles. The molecule has 3 N–H and O–H groups in total. The fourth-order valence-electron chi connectivity index (χ4n) is 2.85. The number of anilines is 1. The normalized spacial score (nSPS) is 20.5. The molecule has 0 bridgehead atoms. The Morgan fingerprint density at radius 2 is 2.38 bits per heavy atom. The SMILES string of the molecule is C[C@@H]1C[C@H](Nc2nc(Cc3ccccn3)[nH]c(=O)c2C=N)CCO1. The molecule has 1 aliphatic rings. The molecular formula is C17H21N5O2. The van der Waals surface area contributed by atoms with Crippen LogP contribution >= 0.6 is 0 Å². The minimum absolute atomic E-state index is 0.176. The lowest BCUT2D eigenvalue weighted by molar-refractivity contribution is 0.0231. The maximum atomic E-state index is 12.3. The van der Waals surface area contributed by atoms with Crippen LogP contribution in [0.4, 0.5) is 5.82 Å². The predicted molar refractivity (Wildman–Crippen MR) is 91.8 cm³/mol. The zero-order valence-corrected chi connectivity index (χ0v) is 13.6. The Bertz CT molecular complexity index is 759. The monoisotopic (exact) mass is 327 g/mol. The summed E-state index contributed by atoms with van der Waals surface area (Å²) in [7, 11) is 0. The lowest BCUT2D eigenvalue weighted by Crippen LogP contribution is -2.34. The van der Waals surface area contributed by atoms with Crippen LogP contribution in [-0.4, -0.2) is 39.9 Å². The van der Waals surface area contributed by atoms with E-state index in [9.17, 15) is 4.79 Å². The molecule has 2 aromatic rings. The van der Waals surface area contributed by atoms with Crippen LogP contribution in [-0.2, 0) is 11.2 Å². The Morgan fingerprint density at radius 3 is 3.08 bits per heavy atom. The summed E-state index contributed by atoms with van der Waals surface area (Å²) in [4.78, 5) is 23.8. The summed E-state index contributed by atoms with van der Waals surface area (Å²) in [6.07, 6.45) is 5.07. The first-order valence-corrected chi connectivity index (χ1v) is 8.07. The predicted octanol–water partition coefficient (Wildman–Crippen LogP) is 1.73. The maximum Gasteiger partial charge on any atom is 0.261 e. The third-order valence-electron chi connectivity index (χ3n) is 4.05. The van der Waals surface area contributed by atoms with Crippen molar-refractivity contribution in [3.63, 3.8) is 0 Å². The molecule has 3 heterocycles. The van der Waals surface area contributed by atoms with Crippen LogP contribution in [0, 0.1) is 5.41 Å². The molecule has 2 aromatic heterocycles. The van der Waals surface area contributed by atoms with Gasteiger partial charge in [-0.2, -0.15) is 0 Å². The summed E-state index contributed by atoms with van der Waals surface area (Å²) in [5.41, 5.74) is 0.765. The van der Waals surface area contributed by atoms with Crippen molar-refractivity contribution in [3.05, 3.63) is 51.8 Å². The van der Waals surface area contributed by atoms with Crippen molar-refractivity contribution >= 4 is 12.0 Å². The van der Waals surface area contributed by atoms with Gasteiger partial charge in [-0.25, -0.2) is 4.98 Å². The Kier molecular flexibility index (Phi) is 5.00. The van der Waals surface area contributed by atoms with Gasteiger partial charge in [-0.15, -0.1) is 0 Å². The third kappa shape index (κ3) is 3.86. The van der Waals surface area contributed by atoms with Crippen molar-refractivity contribution in [2.24, 2.45) is 0 Å². The number of nitrogens with zero attached hydrogens (tertiary/aromatic N) is 2. The van der Waals surface area contributed by atoms with Gasteiger partial charge in [0.05, 0.1) is 11.7 Å². The summed E-state index contributed by atoms with van der Waals surface area (Å²) in [5, 5.41) is 10.8. The molecule has 0 amide bonds. The fraction of sp³-hybridized carbons (Fsp3) is 0.412. The van der Waals surface area contributed by atoms with E-state index in [0.29, 0.717) is 24.7 Å². The molecule has 3 rings (SSSR count). The van der Waals surface area contributed by atoms with E-state index in [2.05, 4.69) is 20.3 Å². The van der Waals surface area contributed by atoms with Crippen LogP contribution < -0.4 is 10.9 Å². The van der Waals surface area contributed by atoms with Gasteiger partial charge < -0.3 is 20.4 Å². The summed E-state index contributed by atoms with van der Waals surface area (Å²) < 4.78 is 5.55. The van der Waals surface area contributed by atoms with Gasteiger partial charge in [0.25, 0.3) is 5.56 Å². The molecule has 0 spiro atoms. The van der Waals surface area contributed by atoms with E-state index in [1.165, 1.54) is 0 Å². The van der Waals surface area contributed by atoms with Crippen LogP contribution in [0.15, 0.2) is 29.2 Å². The number of hydrogen-bond acceptors (Lipinski definition) is 6. The zero-order valence-electron chi connectivity index (χ0n) is 13.6. The van der Waals surface area contributed by atoms with Crippen LogP contribution in [0.25, 0.3) is 0 Å². The number of hydrogen-bond donors (Lipinski definition) is 3. The second-order valence-corrected chi connectivity index (χ2v) is 5.96. The minimum atomic E-state index is -0.312. The Labute approximate surface area is 140 Å². The van der Waals surface area contributed by atoms with Gasteiger partial charge in [0.2, 0.25) is 0 Å². The number of aromatic nitrogens is 3. The van der Waals surface area contributed by atoms with E-state index in [-0.39, 0.29) is 23.3 Å². The third-order valence-corrected chi connectivity index (χ3v) is 4.05. The van der Waals surface area contributed by atoms with Crippen molar-refractivity contribution in [2.45, 2.75) is 38.3 Å². The van der Waals surface area contributed by atoms with E-state index >= 15 is 0 Å². The van der Waals surface area contributed by atoms with Crippen molar-refractivity contribution < 1.29 is 4.74 Å². The number of ether oxygens (including phenoxy) is 1. The van der Waals surface area contributed by atoms with E-state index in [0.717, 1.165) is 24.8 Å². The number of aromatic amines is 1. The first kappa shape index (κ1) is 16.3. The highest BCUT2D eigenvalue weighted by Gasteiger charge is 2.21. The van der Waals surface area contributed by atoms with Gasteiger partial charge in [-0.3, -0.25) is 9.78 Å². The Morgan fingerprint density at radius 1 is 1.50 bits per heavy atom. The first-order chi connectivity index (χ1) is 11.7. The van der Waals surface area contributed by atoms with Crippen LogP contribution in [0.2, 0.25) is 0 Å². The molecule has 24 heavy (non-hydrogen) atoms. The smallest absolute Gasteiger partial charge is 0.261 e. The molecule has 1 aliphatic heterocycles. The molecule has 2 atom stereocenters. The number of pyridine rings is 1. The molecule has 0 saturated carbocycles. The molecule has 7 nitrogen and oxygen atoms in total. The summed E-state index contributed by atoms with van der Waals surface area (Å²) in [6, 6.07) is 5.81. The average molecular weight is 327 g/mol. The van der Waals surface area contributed by atoms with E-state index in [1.54, 1.807) is 6.20 Å². The molecule has 1 fully saturated rings. The fourth-order valence-corrected chi connectivity index (χ4v) is 2.85. The van der Waals surface area contributed by atoms with Crippen molar-refractivity contribution in [1.82, 2.24) is 15.0 Å². The quantitative estimate of drug-likeness (QED) is 0.726. The topological polar surface area (TPSA) is 104 Å². The second kappa shape index (κ2) is 7.35. The van der Waals surface area contributed by atoms with Crippen LogP contribution in [0.5, 0.6) is 0 Å². The second-order valence-electron chi connectivity index (χ2n) is 5.96. The number of nitrogens with one attached hydrogen (secondary N) is 3. The van der Waals surface area contributed by atoms with Crippen molar-refractivity contribution in [1.29, 1.82) is 5.41 Å². The number of H-pyrrole nitrogens is 1. The number of rotatable bonds is 5. The van der Waals surface area contributed by atoms with E-state index in [4.69, 9.17) is 10.1 Å². The lowest BCUT2D eigenvalue weighted by atomic mass is 10.0. The van der Waals surface area contributed by atoms with Crippen molar-refractivity contribution in [3.8, 4) is 0 Å². The van der Waals surface area contributed by atoms with Gasteiger partial charge in [0.15, 0.2) is 0 Å². The molecule has 0 aliphatic carbocycles. The largest absolute Gasteiger partial charge is 0.378 e. The van der Waals surface area contributed by atoms with Gasteiger partial charge in [-0.1, -0.05) is 6.07 Å². The zero-order chi connectivity index (χ0) is 16.9. The molecule has 126 valence electrons. The van der Waals surface area contributed by atoms with Crippen LogP contribution in [0.1, 0.15) is 36.8 Å². The van der Waals surface area contributed by atoms with Gasteiger partial charge >= 0.3 is 0 Å². The summed E-state index contributed by atoms with van der Waals surface area (Å²) >= 11 is 0. The van der Waals surface area contributed by atoms with Gasteiger partial charge in [0, 0.05) is 37.2 Å². The standard InChI is InChI=1S/C17H21N5O2/c1-11-8-13(5-7-24-11)20-16-14(10-18)17(23)22-15(21-16)9-12-4-2-3-6-19-12/h2-4,6,10-11,13,18H,5,7-9H2,1H3,(H2,20,21,22,23)/t11-,13-/m1/s1. The summed E-state index contributed by atoms with van der Waals surface area (Å²) in [5.74, 6) is 0.991. The van der Waals surface area contributed by atoms with Gasteiger partial charge in [-0.05, 0) is 31.9 Å². The average Bonchev–Trinajstić information content (AvgIpc) is 2.56. The highest BCUT2D eigenvalue weighted by molar-refractivity contribution is 5.83. The van der Waals surface area contributed by atoms with E-state index < -0.39 is 0 Å². The molecule has 7 heteroatoms. The molecular weight excluding hydrogens is 306 g/mol. The highest BCUT2D eigenvalue weighted by atomic mass is 16.5. The molecule has 0 aromatic carbocycles. The minimum Gasteiger partial charge on any atom is -0.378 e. The Hall–Kier alpha value is -2.54. The molecule has 0 unspecified atom stereocenters. The highest BCUT2D eigenvalue weighted by Crippen LogP contribution is 2.18. The van der Waals surface area contributed by atoms with Gasteiger partial charge in [0.1, 0.15) is 11.6 Å². The maximum absolute atomic E-state index is 12.3. The molecule has 0 radical (unpaired) electrons. The lowest BCUT2D eigenvalue weighted by Gasteiger charge is -2.28. The Balaban J connectivity index is 1.86. The van der Waals surface area contributed by atoms with Crippen molar-refractivity contribution in [2.75, 3.05) is 11.9 Å².